The molecule has 1 amide bonds. The maximum absolute atomic E-state index is 12.2. The minimum absolute atomic E-state index is 0.105. The van der Waals surface area contributed by atoms with Gasteiger partial charge in [-0.15, -0.1) is 0 Å². The second-order valence-electron chi connectivity index (χ2n) is 4.62. The van der Waals surface area contributed by atoms with Crippen LogP contribution in [0.1, 0.15) is 10.4 Å². The fourth-order valence-corrected chi connectivity index (χ4v) is 3.43. The molecule has 6 nitrogen and oxygen atoms in total. The summed E-state index contributed by atoms with van der Waals surface area (Å²) >= 11 is 1.46. The Kier molecular flexibility index (Phi) is 3.64. The van der Waals surface area contributed by atoms with Gasteiger partial charge in [-0.05, 0) is 18.2 Å². The van der Waals surface area contributed by atoms with Crippen molar-refractivity contribution in [2.24, 2.45) is 0 Å². The molecule has 0 aliphatic carbocycles. The van der Waals surface area contributed by atoms with Gasteiger partial charge in [0.1, 0.15) is 5.37 Å². The zero-order chi connectivity index (χ0) is 14.1. The molecule has 7 heteroatoms. The first-order valence-corrected chi connectivity index (χ1v) is 7.20. The molecular formula is C13H14N2O4S. The molecule has 2 aliphatic heterocycles. The minimum Gasteiger partial charge on any atom is -0.478 e. The number of hydrogen-bond donors (Lipinski definition) is 2. The van der Waals surface area contributed by atoms with Crippen LogP contribution in [-0.2, 0) is 9.53 Å². The third-order valence-corrected chi connectivity index (χ3v) is 4.67. The Hall–Kier alpha value is -1.57. The van der Waals surface area contributed by atoms with Gasteiger partial charge in [0.05, 0.1) is 24.5 Å². The number of nitrogens with one attached hydrogen (secondary N) is 1. The molecule has 2 aliphatic rings. The summed E-state index contributed by atoms with van der Waals surface area (Å²) in [6, 6.07) is 4.80. The highest BCUT2D eigenvalue weighted by molar-refractivity contribution is 8.00. The molecule has 1 aromatic carbocycles. The van der Waals surface area contributed by atoms with Crippen LogP contribution in [0.15, 0.2) is 23.1 Å². The van der Waals surface area contributed by atoms with Crippen molar-refractivity contribution in [3.8, 4) is 0 Å². The number of benzene rings is 1. The predicted molar refractivity (Wildman–Crippen MR) is 74.1 cm³/mol. The number of nitrogens with zero attached hydrogens (tertiary/aromatic N) is 1. The Morgan fingerprint density at radius 1 is 1.40 bits per heavy atom. The topological polar surface area (TPSA) is 78.9 Å². The van der Waals surface area contributed by atoms with Crippen molar-refractivity contribution >= 4 is 29.3 Å². The summed E-state index contributed by atoms with van der Waals surface area (Å²) in [4.78, 5) is 26.1. The number of thioether (sulfide) groups is 1. The van der Waals surface area contributed by atoms with Gasteiger partial charge >= 0.3 is 5.97 Å². The molecule has 0 spiro atoms. The Bertz CT molecular complexity index is 557. The molecule has 2 heterocycles. The molecule has 20 heavy (non-hydrogen) atoms. The summed E-state index contributed by atoms with van der Waals surface area (Å²) in [5.74, 6) is -1.10. The van der Waals surface area contributed by atoms with Crippen molar-refractivity contribution in [1.29, 1.82) is 0 Å². The quantitative estimate of drug-likeness (QED) is 0.850. The number of aromatic carboxylic acids is 1. The molecule has 1 saturated heterocycles. The molecule has 1 fully saturated rings. The minimum atomic E-state index is -0.998. The molecule has 3 rings (SSSR count). The highest BCUT2D eigenvalue weighted by Gasteiger charge is 2.33. The summed E-state index contributed by atoms with van der Waals surface area (Å²) in [6.45, 7) is 2.73. The van der Waals surface area contributed by atoms with Crippen LogP contribution in [0, 0.1) is 0 Å². The van der Waals surface area contributed by atoms with E-state index >= 15 is 0 Å². The lowest BCUT2D eigenvalue weighted by Gasteiger charge is -2.35. The second-order valence-corrected chi connectivity index (χ2v) is 5.75. The SMILES string of the molecule is O=C(O)c1ccc2c(c1)NC(=O)[C@H](N1CCOCC1)S2. The Labute approximate surface area is 120 Å². The number of carbonyl (C=O) groups is 2. The largest absolute Gasteiger partial charge is 0.478 e. The van der Waals surface area contributed by atoms with Crippen molar-refractivity contribution in [3.63, 3.8) is 0 Å². The Morgan fingerprint density at radius 2 is 2.15 bits per heavy atom. The van der Waals surface area contributed by atoms with E-state index in [-0.39, 0.29) is 16.8 Å². The lowest BCUT2D eigenvalue weighted by molar-refractivity contribution is -0.119. The van der Waals surface area contributed by atoms with Crippen LogP contribution < -0.4 is 5.32 Å². The van der Waals surface area contributed by atoms with E-state index in [1.165, 1.54) is 17.8 Å². The van der Waals surface area contributed by atoms with Gasteiger partial charge in [-0.2, -0.15) is 0 Å². The van der Waals surface area contributed by atoms with Crippen LogP contribution in [-0.4, -0.2) is 53.6 Å². The van der Waals surface area contributed by atoms with Crippen LogP contribution in [0.4, 0.5) is 5.69 Å². The predicted octanol–water partition coefficient (Wildman–Crippen LogP) is 1.09. The van der Waals surface area contributed by atoms with E-state index < -0.39 is 5.97 Å². The lowest BCUT2D eigenvalue weighted by Crippen LogP contribution is -2.48. The van der Waals surface area contributed by atoms with Gasteiger partial charge in [0.2, 0.25) is 0 Å². The fourth-order valence-electron chi connectivity index (χ4n) is 2.28. The van der Waals surface area contributed by atoms with E-state index in [0.717, 1.165) is 18.0 Å². The van der Waals surface area contributed by atoms with Gasteiger partial charge in [-0.1, -0.05) is 11.8 Å². The van der Waals surface area contributed by atoms with Crippen molar-refractivity contribution in [2.75, 3.05) is 31.6 Å². The third-order valence-electron chi connectivity index (χ3n) is 3.32. The zero-order valence-corrected chi connectivity index (χ0v) is 11.5. The first-order chi connectivity index (χ1) is 9.65. The maximum atomic E-state index is 12.2. The number of fused-ring (bicyclic) bond motifs is 1. The maximum Gasteiger partial charge on any atom is 0.335 e. The van der Waals surface area contributed by atoms with E-state index in [4.69, 9.17) is 9.84 Å². The summed E-state index contributed by atoms with van der Waals surface area (Å²) in [5, 5.41) is 11.5. The van der Waals surface area contributed by atoms with E-state index in [9.17, 15) is 9.59 Å². The first kappa shape index (κ1) is 13.4. The zero-order valence-electron chi connectivity index (χ0n) is 10.7. The van der Waals surface area contributed by atoms with E-state index in [2.05, 4.69) is 10.2 Å². The molecular weight excluding hydrogens is 280 g/mol. The average molecular weight is 294 g/mol. The Balaban J connectivity index is 1.83. The van der Waals surface area contributed by atoms with E-state index in [0.29, 0.717) is 18.9 Å². The summed E-state index contributed by atoms with van der Waals surface area (Å²) in [7, 11) is 0. The lowest BCUT2D eigenvalue weighted by atomic mass is 10.2. The van der Waals surface area contributed by atoms with Gasteiger partial charge in [0.15, 0.2) is 0 Å². The van der Waals surface area contributed by atoms with E-state index in [1.807, 2.05) is 0 Å². The number of anilines is 1. The monoisotopic (exact) mass is 294 g/mol. The first-order valence-electron chi connectivity index (χ1n) is 6.32. The van der Waals surface area contributed by atoms with Crippen LogP contribution in [0.25, 0.3) is 0 Å². The summed E-state index contributed by atoms with van der Waals surface area (Å²) in [6.07, 6.45) is 0. The van der Waals surface area contributed by atoms with Crippen LogP contribution in [0.5, 0.6) is 0 Å². The molecule has 2 N–H and O–H groups in total. The smallest absolute Gasteiger partial charge is 0.335 e. The Morgan fingerprint density at radius 3 is 2.85 bits per heavy atom. The van der Waals surface area contributed by atoms with Crippen molar-refractivity contribution in [1.82, 2.24) is 4.90 Å². The molecule has 0 unspecified atom stereocenters. The van der Waals surface area contributed by atoms with Gasteiger partial charge in [0.25, 0.3) is 5.91 Å². The number of carbonyl (C=O) groups excluding carboxylic acids is 1. The molecule has 0 radical (unpaired) electrons. The summed E-state index contributed by atoms with van der Waals surface area (Å²) < 4.78 is 5.29. The number of carboxylic acids is 1. The highest BCUT2D eigenvalue weighted by Crippen LogP contribution is 2.37. The van der Waals surface area contributed by atoms with Gasteiger partial charge in [-0.3, -0.25) is 9.69 Å². The highest BCUT2D eigenvalue weighted by atomic mass is 32.2. The number of hydrogen-bond acceptors (Lipinski definition) is 5. The normalized spacial score (nSPS) is 23.0. The molecule has 1 atom stereocenters. The number of morpholine rings is 1. The van der Waals surface area contributed by atoms with Crippen molar-refractivity contribution < 1.29 is 19.4 Å². The molecule has 1 aromatic rings. The summed E-state index contributed by atoms with van der Waals surface area (Å²) in [5.41, 5.74) is 0.749. The molecule has 0 saturated carbocycles. The van der Waals surface area contributed by atoms with E-state index in [1.54, 1.807) is 12.1 Å². The van der Waals surface area contributed by atoms with Crippen molar-refractivity contribution in [2.45, 2.75) is 10.3 Å². The average Bonchev–Trinajstić information content (AvgIpc) is 2.46. The van der Waals surface area contributed by atoms with Crippen LogP contribution in [0.2, 0.25) is 0 Å². The van der Waals surface area contributed by atoms with Gasteiger partial charge < -0.3 is 15.2 Å². The third kappa shape index (κ3) is 2.52. The van der Waals surface area contributed by atoms with Gasteiger partial charge in [0, 0.05) is 18.0 Å². The van der Waals surface area contributed by atoms with Crippen LogP contribution in [0.3, 0.4) is 0 Å². The molecule has 106 valence electrons. The second kappa shape index (κ2) is 5.43. The number of ether oxygens (including phenoxy) is 1. The van der Waals surface area contributed by atoms with Gasteiger partial charge in [-0.25, -0.2) is 4.79 Å². The van der Waals surface area contributed by atoms with Crippen LogP contribution >= 0.6 is 11.8 Å². The fraction of sp³-hybridized carbons (Fsp3) is 0.385. The number of rotatable bonds is 2. The molecule has 0 bridgehead atoms. The molecule has 0 aromatic heterocycles. The van der Waals surface area contributed by atoms with Crippen molar-refractivity contribution in [3.05, 3.63) is 23.8 Å². The number of amides is 1. The standard InChI is InChI=1S/C13H14N2O4S/c16-11-12(15-3-5-19-6-4-15)20-10-2-1-8(13(17)18)7-9(10)14-11/h1-2,7,12H,3-6H2,(H,14,16)(H,17,18)/t12-/m1/s1. The number of carboxylic acid groups (broad SMARTS) is 1.